The van der Waals surface area contributed by atoms with Crippen LogP contribution in [-0.2, 0) is 9.53 Å². The van der Waals surface area contributed by atoms with Crippen LogP contribution in [0.1, 0.15) is 27.2 Å². The van der Waals surface area contributed by atoms with Crippen LogP contribution < -0.4 is 4.74 Å². The number of carbonyl (C=O) groups is 2. The molecule has 1 amide bonds. The molecule has 22 heavy (non-hydrogen) atoms. The zero-order valence-corrected chi connectivity index (χ0v) is 12.9. The molecule has 120 valence electrons. The van der Waals surface area contributed by atoms with Crippen molar-refractivity contribution < 1.29 is 23.5 Å². The largest absolute Gasteiger partial charge is 0.485 e. The van der Waals surface area contributed by atoms with E-state index in [0.29, 0.717) is 12.7 Å². The third-order valence-electron chi connectivity index (χ3n) is 3.22. The summed E-state index contributed by atoms with van der Waals surface area (Å²) in [5.74, 6) is -0.357. The molecule has 2 atom stereocenters. The predicted octanol–water partition coefficient (Wildman–Crippen LogP) is 2.78. The van der Waals surface area contributed by atoms with Crippen molar-refractivity contribution in [2.24, 2.45) is 0 Å². The molecule has 1 aliphatic rings. The number of hydrogen-bond donors (Lipinski definition) is 0. The minimum atomic E-state index is -0.644. The Morgan fingerprint density at radius 2 is 2.05 bits per heavy atom. The van der Waals surface area contributed by atoms with Gasteiger partial charge >= 0.3 is 6.09 Å². The van der Waals surface area contributed by atoms with Crippen LogP contribution in [-0.4, -0.2) is 41.6 Å². The van der Waals surface area contributed by atoms with Gasteiger partial charge in [-0.15, -0.1) is 0 Å². The summed E-state index contributed by atoms with van der Waals surface area (Å²) in [7, 11) is 0. The van der Waals surface area contributed by atoms with E-state index in [-0.39, 0.29) is 12.3 Å². The smallest absolute Gasteiger partial charge is 0.411 e. The molecule has 1 fully saturated rings. The zero-order chi connectivity index (χ0) is 16.3. The Kier molecular flexibility index (Phi) is 4.68. The van der Waals surface area contributed by atoms with Gasteiger partial charge in [-0.2, -0.15) is 0 Å². The summed E-state index contributed by atoms with van der Waals surface area (Å²) in [5, 5.41) is 0. The lowest BCUT2D eigenvalue weighted by Crippen LogP contribution is -2.41. The fraction of sp³-hybridized carbons (Fsp3) is 0.500. The summed E-state index contributed by atoms with van der Waals surface area (Å²) in [5.41, 5.74) is -0.644. The molecule has 6 heteroatoms. The molecule has 0 bridgehead atoms. The van der Waals surface area contributed by atoms with Gasteiger partial charge in [0.15, 0.2) is 11.6 Å². The van der Waals surface area contributed by atoms with Crippen molar-refractivity contribution in [2.45, 2.75) is 44.9 Å². The summed E-state index contributed by atoms with van der Waals surface area (Å²) >= 11 is 0. The van der Waals surface area contributed by atoms with Gasteiger partial charge in [-0.1, -0.05) is 12.1 Å². The summed E-state index contributed by atoms with van der Waals surface area (Å²) in [6.45, 7) is 5.45. The molecule has 1 aromatic rings. The highest BCUT2D eigenvalue weighted by Crippen LogP contribution is 2.25. The minimum absolute atomic E-state index is 0.114. The molecule has 1 aromatic carbocycles. The topological polar surface area (TPSA) is 55.8 Å². The predicted molar refractivity (Wildman–Crippen MR) is 78.2 cm³/mol. The molecule has 0 aliphatic carbocycles. The minimum Gasteiger partial charge on any atom is -0.485 e. The first kappa shape index (κ1) is 16.3. The Hall–Kier alpha value is -2.11. The summed E-state index contributed by atoms with van der Waals surface area (Å²) in [6, 6.07) is 5.43. The van der Waals surface area contributed by atoms with E-state index < -0.39 is 29.7 Å². The standard InChI is InChI=1S/C16H20FNO4/c1-16(2,3)22-15(20)18-9-12(8-11(18)10-19)21-14-7-5-4-6-13(14)17/h4-7,10-12H,8-9H2,1-3H3/t11-,12-/m0/s1. The lowest BCUT2D eigenvalue weighted by molar-refractivity contribution is -0.111. The summed E-state index contributed by atoms with van der Waals surface area (Å²) < 4.78 is 24.4. The molecule has 0 spiro atoms. The number of para-hydroxylation sites is 1. The van der Waals surface area contributed by atoms with Gasteiger partial charge in [0, 0.05) is 6.42 Å². The van der Waals surface area contributed by atoms with E-state index >= 15 is 0 Å². The second kappa shape index (κ2) is 6.34. The number of halogens is 1. The van der Waals surface area contributed by atoms with Crippen molar-refractivity contribution in [1.82, 2.24) is 4.90 Å². The first-order valence-corrected chi connectivity index (χ1v) is 7.16. The van der Waals surface area contributed by atoms with E-state index in [1.807, 2.05) is 0 Å². The third kappa shape index (κ3) is 3.96. The van der Waals surface area contributed by atoms with Gasteiger partial charge in [0.25, 0.3) is 0 Å². The Bertz CT molecular complexity index is 555. The number of hydrogen-bond acceptors (Lipinski definition) is 4. The van der Waals surface area contributed by atoms with Crippen LogP contribution in [0.5, 0.6) is 5.75 Å². The molecule has 0 unspecified atom stereocenters. The number of likely N-dealkylation sites (tertiary alicyclic amines) is 1. The van der Waals surface area contributed by atoms with E-state index in [4.69, 9.17) is 9.47 Å². The highest BCUT2D eigenvalue weighted by Gasteiger charge is 2.38. The van der Waals surface area contributed by atoms with E-state index in [1.54, 1.807) is 32.9 Å². The highest BCUT2D eigenvalue weighted by molar-refractivity contribution is 5.74. The van der Waals surface area contributed by atoms with Gasteiger partial charge in [-0.3, -0.25) is 4.90 Å². The van der Waals surface area contributed by atoms with E-state index in [9.17, 15) is 14.0 Å². The van der Waals surface area contributed by atoms with Gasteiger partial charge in [0.1, 0.15) is 18.0 Å². The number of amides is 1. The molecule has 0 radical (unpaired) electrons. The molecule has 2 rings (SSSR count). The van der Waals surface area contributed by atoms with Crippen LogP contribution in [0.4, 0.5) is 9.18 Å². The average molecular weight is 309 g/mol. The molecule has 1 saturated heterocycles. The average Bonchev–Trinajstić information content (AvgIpc) is 2.83. The van der Waals surface area contributed by atoms with E-state index in [0.717, 1.165) is 0 Å². The molecule has 5 nitrogen and oxygen atoms in total. The third-order valence-corrected chi connectivity index (χ3v) is 3.22. The maximum Gasteiger partial charge on any atom is 0.411 e. The molecular weight excluding hydrogens is 289 g/mol. The summed E-state index contributed by atoms with van der Waals surface area (Å²) in [4.78, 5) is 24.6. The van der Waals surface area contributed by atoms with Crippen molar-refractivity contribution >= 4 is 12.4 Å². The van der Waals surface area contributed by atoms with Crippen LogP contribution in [0.25, 0.3) is 0 Å². The first-order valence-electron chi connectivity index (χ1n) is 7.16. The number of carbonyl (C=O) groups excluding carboxylic acids is 2. The SMILES string of the molecule is CC(C)(C)OC(=O)N1C[C@@H](Oc2ccccc2F)C[C@H]1C=O. The lowest BCUT2D eigenvalue weighted by Gasteiger charge is -2.26. The maximum atomic E-state index is 13.6. The number of benzene rings is 1. The zero-order valence-electron chi connectivity index (χ0n) is 12.9. The number of nitrogens with zero attached hydrogens (tertiary/aromatic N) is 1. The van der Waals surface area contributed by atoms with Gasteiger partial charge in [-0.05, 0) is 32.9 Å². The van der Waals surface area contributed by atoms with Crippen LogP contribution in [0, 0.1) is 5.82 Å². The highest BCUT2D eigenvalue weighted by atomic mass is 19.1. The quantitative estimate of drug-likeness (QED) is 0.806. The molecule has 1 heterocycles. The Balaban J connectivity index is 2.04. The van der Waals surface area contributed by atoms with Crippen LogP contribution >= 0.6 is 0 Å². The monoisotopic (exact) mass is 309 g/mol. The normalized spacial score (nSPS) is 21.5. The van der Waals surface area contributed by atoms with Gasteiger partial charge in [0.2, 0.25) is 0 Å². The van der Waals surface area contributed by atoms with Gasteiger partial charge in [-0.25, -0.2) is 9.18 Å². The second-order valence-electron chi connectivity index (χ2n) is 6.24. The van der Waals surface area contributed by atoms with Crippen LogP contribution in [0.15, 0.2) is 24.3 Å². The molecule has 0 N–H and O–H groups in total. The molecule has 0 aromatic heterocycles. The van der Waals surface area contributed by atoms with Crippen molar-refractivity contribution in [3.63, 3.8) is 0 Å². The number of rotatable bonds is 3. The van der Waals surface area contributed by atoms with Crippen molar-refractivity contribution in [1.29, 1.82) is 0 Å². The van der Waals surface area contributed by atoms with Gasteiger partial charge in [0.05, 0.1) is 12.6 Å². The van der Waals surface area contributed by atoms with Crippen LogP contribution in [0.3, 0.4) is 0 Å². The fourth-order valence-electron chi connectivity index (χ4n) is 2.29. The van der Waals surface area contributed by atoms with E-state index in [1.165, 1.54) is 17.0 Å². The second-order valence-corrected chi connectivity index (χ2v) is 6.24. The molecular formula is C16H20FNO4. The number of aldehydes is 1. The van der Waals surface area contributed by atoms with Crippen molar-refractivity contribution in [3.8, 4) is 5.75 Å². The summed E-state index contributed by atoms with van der Waals surface area (Å²) in [6.07, 6.45) is -0.00466. The lowest BCUT2D eigenvalue weighted by atomic mass is 10.2. The van der Waals surface area contributed by atoms with Crippen molar-refractivity contribution in [2.75, 3.05) is 6.54 Å². The molecule has 0 saturated carbocycles. The van der Waals surface area contributed by atoms with Crippen molar-refractivity contribution in [3.05, 3.63) is 30.1 Å². The van der Waals surface area contributed by atoms with Crippen LogP contribution in [0.2, 0.25) is 0 Å². The molecule has 1 aliphatic heterocycles. The maximum absolute atomic E-state index is 13.6. The Labute approximate surface area is 129 Å². The fourth-order valence-corrected chi connectivity index (χ4v) is 2.29. The Morgan fingerprint density at radius 3 is 2.64 bits per heavy atom. The van der Waals surface area contributed by atoms with E-state index in [2.05, 4.69) is 0 Å². The first-order chi connectivity index (χ1) is 10.3. The number of ether oxygens (including phenoxy) is 2. The van der Waals surface area contributed by atoms with Gasteiger partial charge < -0.3 is 14.3 Å². The Morgan fingerprint density at radius 1 is 1.36 bits per heavy atom.